The van der Waals surface area contributed by atoms with Gasteiger partial charge >= 0.3 is 10.1 Å². The number of nitrogens with zero attached hydrogens (tertiary/aromatic N) is 3. The fourth-order valence-electron chi connectivity index (χ4n) is 3.10. The van der Waals surface area contributed by atoms with E-state index in [1.54, 1.807) is 48.5 Å². The van der Waals surface area contributed by atoms with Crippen LogP contribution in [0.5, 0.6) is 5.75 Å². The molecule has 1 saturated heterocycles. The van der Waals surface area contributed by atoms with E-state index in [1.165, 1.54) is 23.9 Å². The van der Waals surface area contributed by atoms with Gasteiger partial charge < -0.3 is 14.0 Å². The summed E-state index contributed by atoms with van der Waals surface area (Å²) in [6.07, 6.45) is 1.63. The third-order valence-corrected chi connectivity index (χ3v) is 7.11. The number of carbonyl (C=O) groups is 1. The Labute approximate surface area is 180 Å². The zero-order valence-electron chi connectivity index (χ0n) is 16.4. The summed E-state index contributed by atoms with van der Waals surface area (Å²) in [5.74, 6) is -0.162. The van der Waals surface area contributed by atoms with Crippen LogP contribution in [0.15, 0.2) is 69.4 Å². The summed E-state index contributed by atoms with van der Waals surface area (Å²) in [6.45, 7) is 3.47. The van der Waals surface area contributed by atoms with Crippen molar-refractivity contribution < 1.29 is 17.4 Å². The molecule has 9 heteroatoms. The van der Waals surface area contributed by atoms with E-state index in [-0.39, 0.29) is 16.6 Å². The highest BCUT2D eigenvalue weighted by atomic mass is 32.2. The van der Waals surface area contributed by atoms with Gasteiger partial charge in [-0.15, -0.1) is 0 Å². The molecule has 1 amide bonds. The Morgan fingerprint density at radius 3 is 2.40 bits per heavy atom. The smallest absolute Gasteiger partial charge is 0.339 e. The number of hydrogen-bond donors (Lipinski definition) is 0. The van der Waals surface area contributed by atoms with Crippen molar-refractivity contribution in [3.05, 3.63) is 65.1 Å². The molecule has 2 aliphatic heterocycles. The van der Waals surface area contributed by atoms with Crippen molar-refractivity contribution in [3.8, 4) is 5.75 Å². The zero-order valence-corrected chi connectivity index (χ0v) is 18.0. The van der Waals surface area contributed by atoms with Gasteiger partial charge in [0.15, 0.2) is 5.17 Å². The van der Waals surface area contributed by atoms with Gasteiger partial charge in [0, 0.05) is 31.7 Å². The van der Waals surface area contributed by atoms with Gasteiger partial charge in [-0.1, -0.05) is 36.4 Å². The highest BCUT2D eigenvalue weighted by Crippen LogP contribution is 2.33. The maximum atomic E-state index is 12.6. The second-order valence-corrected chi connectivity index (χ2v) is 9.54. The van der Waals surface area contributed by atoms with Gasteiger partial charge in [0.2, 0.25) is 0 Å². The van der Waals surface area contributed by atoms with E-state index in [0.29, 0.717) is 15.6 Å². The lowest BCUT2D eigenvalue weighted by Crippen LogP contribution is -2.46. The molecule has 7 nitrogen and oxygen atoms in total. The molecule has 0 N–H and O–H groups in total. The van der Waals surface area contributed by atoms with Crippen LogP contribution in [0.3, 0.4) is 0 Å². The number of para-hydroxylation sites is 1. The van der Waals surface area contributed by atoms with Gasteiger partial charge in [-0.3, -0.25) is 4.79 Å². The predicted molar refractivity (Wildman–Crippen MR) is 118 cm³/mol. The Bertz CT molecular complexity index is 1110. The van der Waals surface area contributed by atoms with Gasteiger partial charge in [0.25, 0.3) is 5.91 Å². The molecule has 2 aromatic rings. The normalized spacial score (nSPS) is 19.2. The van der Waals surface area contributed by atoms with Crippen LogP contribution in [0.4, 0.5) is 0 Å². The molecule has 0 saturated carbocycles. The number of carbonyl (C=O) groups excluding carboxylic acids is 1. The van der Waals surface area contributed by atoms with E-state index in [2.05, 4.69) is 21.8 Å². The summed E-state index contributed by atoms with van der Waals surface area (Å²) in [6, 6.07) is 14.7. The van der Waals surface area contributed by atoms with Crippen LogP contribution in [0, 0.1) is 0 Å². The summed E-state index contributed by atoms with van der Waals surface area (Å²) in [4.78, 5) is 21.5. The minimum atomic E-state index is -3.98. The third kappa shape index (κ3) is 4.58. The Balaban J connectivity index is 1.55. The maximum absolute atomic E-state index is 12.6. The van der Waals surface area contributed by atoms with Crippen molar-refractivity contribution in [2.75, 3.05) is 33.2 Å². The molecule has 2 heterocycles. The van der Waals surface area contributed by atoms with Crippen molar-refractivity contribution in [3.63, 3.8) is 0 Å². The molecular weight excluding hydrogens is 422 g/mol. The van der Waals surface area contributed by atoms with Crippen LogP contribution in [0.1, 0.15) is 5.56 Å². The van der Waals surface area contributed by atoms with Gasteiger partial charge in [0.05, 0.1) is 4.91 Å². The lowest BCUT2D eigenvalue weighted by atomic mass is 10.2. The SMILES string of the molecule is CN1CCN(C2=NC(=O)C(=Cc3ccccc3OS(=O)(=O)c3ccccc3)S2)CC1. The minimum Gasteiger partial charge on any atom is -0.378 e. The number of piperazine rings is 1. The van der Waals surface area contributed by atoms with E-state index in [0.717, 1.165) is 26.2 Å². The first-order chi connectivity index (χ1) is 14.4. The molecule has 0 aliphatic carbocycles. The highest BCUT2D eigenvalue weighted by molar-refractivity contribution is 8.18. The number of benzene rings is 2. The largest absolute Gasteiger partial charge is 0.378 e. The number of aliphatic imine (C=N–C) groups is 1. The first-order valence-electron chi connectivity index (χ1n) is 9.47. The molecule has 0 aromatic heterocycles. The van der Waals surface area contributed by atoms with Gasteiger partial charge in [0.1, 0.15) is 10.6 Å². The van der Waals surface area contributed by atoms with Crippen molar-refractivity contribution in [1.29, 1.82) is 0 Å². The second kappa shape index (κ2) is 8.63. The van der Waals surface area contributed by atoms with E-state index in [9.17, 15) is 13.2 Å². The molecule has 2 aliphatic rings. The Morgan fingerprint density at radius 1 is 1.00 bits per heavy atom. The predicted octanol–water partition coefficient (Wildman–Crippen LogP) is 2.67. The summed E-state index contributed by atoms with van der Waals surface area (Å²) >= 11 is 1.31. The number of amides is 1. The average Bonchev–Trinajstić information content (AvgIpc) is 3.11. The molecular formula is C21H21N3O4S2. The molecule has 156 valence electrons. The van der Waals surface area contributed by atoms with Crippen LogP contribution >= 0.6 is 11.8 Å². The Hall–Kier alpha value is -2.62. The van der Waals surface area contributed by atoms with E-state index >= 15 is 0 Å². The summed E-state index contributed by atoms with van der Waals surface area (Å²) in [5, 5.41) is 0.689. The standard InChI is InChI=1S/C21H21N3O4S2/c1-23-11-13-24(14-12-23)21-22-20(25)19(29-21)15-16-7-5-6-10-18(16)28-30(26,27)17-8-3-2-4-9-17/h2-10,15H,11-14H2,1H3. The average molecular weight is 444 g/mol. The number of likely N-dealkylation sites (N-methyl/N-ethyl adjacent to an activating group) is 1. The maximum Gasteiger partial charge on any atom is 0.339 e. The minimum absolute atomic E-state index is 0.0689. The van der Waals surface area contributed by atoms with Crippen molar-refractivity contribution in [2.45, 2.75) is 4.90 Å². The number of thioether (sulfide) groups is 1. The molecule has 4 rings (SSSR count). The summed E-state index contributed by atoms with van der Waals surface area (Å²) in [7, 11) is -1.91. The molecule has 0 unspecified atom stereocenters. The van der Waals surface area contributed by atoms with Crippen molar-refractivity contribution in [1.82, 2.24) is 9.80 Å². The Morgan fingerprint density at radius 2 is 1.67 bits per heavy atom. The molecule has 30 heavy (non-hydrogen) atoms. The van der Waals surface area contributed by atoms with Crippen molar-refractivity contribution >= 4 is 39.0 Å². The molecule has 1 fully saturated rings. The molecule has 0 radical (unpaired) electrons. The van der Waals surface area contributed by atoms with Crippen LogP contribution in [0.2, 0.25) is 0 Å². The van der Waals surface area contributed by atoms with Gasteiger partial charge in [-0.25, -0.2) is 0 Å². The lowest BCUT2D eigenvalue weighted by Gasteiger charge is -2.32. The number of rotatable bonds is 4. The second-order valence-electron chi connectivity index (χ2n) is 6.99. The molecule has 2 aromatic carbocycles. The van der Waals surface area contributed by atoms with Crippen molar-refractivity contribution in [2.24, 2.45) is 4.99 Å². The quantitative estimate of drug-likeness (QED) is 0.531. The third-order valence-electron chi connectivity index (χ3n) is 4.82. The first-order valence-corrected chi connectivity index (χ1v) is 11.7. The monoisotopic (exact) mass is 443 g/mol. The topological polar surface area (TPSA) is 79.3 Å². The molecule has 0 spiro atoms. The zero-order chi connectivity index (χ0) is 21.1. The number of amidine groups is 1. The Kier molecular flexibility index (Phi) is 5.94. The van der Waals surface area contributed by atoms with Crippen LogP contribution in [-0.4, -0.2) is 62.5 Å². The van der Waals surface area contributed by atoms with Gasteiger partial charge in [-0.05, 0) is 43.1 Å². The van der Waals surface area contributed by atoms with Gasteiger partial charge in [-0.2, -0.15) is 13.4 Å². The molecule has 0 bridgehead atoms. The fourth-order valence-corrected chi connectivity index (χ4v) is 5.03. The van der Waals surface area contributed by atoms with E-state index in [4.69, 9.17) is 4.18 Å². The molecule has 0 atom stereocenters. The first kappa shape index (κ1) is 20.6. The summed E-state index contributed by atoms with van der Waals surface area (Å²) < 4.78 is 30.6. The number of hydrogen-bond acceptors (Lipinski definition) is 7. The van der Waals surface area contributed by atoms with E-state index in [1.807, 2.05) is 0 Å². The fraction of sp³-hybridized carbons (Fsp3) is 0.238. The van der Waals surface area contributed by atoms with Crippen LogP contribution in [0.25, 0.3) is 6.08 Å². The van der Waals surface area contributed by atoms with E-state index < -0.39 is 10.1 Å². The summed E-state index contributed by atoms with van der Waals surface area (Å²) in [5.41, 5.74) is 0.502. The van der Waals surface area contributed by atoms with Crippen LogP contribution < -0.4 is 4.18 Å². The van der Waals surface area contributed by atoms with Crippen LogP contribution in [-0.2, 0) is 14.9 Å². The highest BCUT2D eigenvalue weighted by Gasteiger charge is 2.28. The lowest BCUT2D eigenvalue weighted by molar-refractivity contribution is -0.113.